The molecule has 7 nitrogen and oxygen atoms in total. The summed E-state index contributed by atoms with van der Waals surface area (Å²) in [6, 6.07) is 8.68. The predicted molar refractivity (Wildman–Crippen MR) is 106 cm³/mol. The van der Waals surface area contributed by atoms with E-state index in [2.05, 4.69) is 15.5 Å². The number of likely N-dealkylation sites (tertiary alicyclic amines) is 1. The van der Waals surface area contributed by atoms with Crippen LogP contribution in [0.4, 0.5) is 5.69 Å². The van der Waals surface area contributed by atoms with Gasteiger partial charge in [0.05, 0.1) is 25.6 Å². The molecule has 8 heteroatoms. The number of furan rings is 1. The third-order valence-electron chi connectivity index (χ3n) is 4.83. The number of nitrogens with zero attached hydrogens (tertiary/aromatic N) is 1. The van der Waals surface area contributed by atoms with Crippen molar-refractivity contribution in [3.05, 3.63) is 47.4 Å². The van der Waals surface area contributed by atoms with Gasteiger partial charge in [-0.05, 0) is 62.2 Å². The van der Waals surface area contributed by atoms with E-state index in [1.165, 1.54) is 7.11 Å². The van der Waals surface area contributed by atoms with Gasteiger partial charge in [0.1, 0.15) is 11.5 Å². The second kappa shape index (κ2) is 9.61. The zero-order valence-electron chi connectivity index (χ0n) is 15.7. The molecule has 1 fully saturated rings. The first kappa shape index (κ1) is 20.2. The smallest absolute Gasteiger partial charge is 0.313 e. The molecule has 2 N–H and O–H groups in total. The molecular formula is C20H24ClN3O4. The zero-order chi connectivity index (χ0) is 19.9. The van der Waals surface area contributed by atoms with E-state index in [1.54, 1.807) is 24.5 Å². The standard InChI is InChI=1S/C20H24ClN3O4/c1-27-18-5-4-15(21)11-17(18)23-20(26)19(25)22-12-14-6-8-24(9-7-14)13-16-3-2-10-28-16/h2-5,10-11,14H,6-9,12-13H2,1H3,(H,22,25)(H,23,26). The van der Waals surface area contributed by atoms with Gasteiger partial charge < -0.3 is 19.8 Å². The van der Waals surface area contributed by atoms with Gasteiger partial charge in [0.15, 0.2) is 0 Å². The maximum atomic E-state index is 12.2. The number of benzene rings is 1. The van der Waals surface area contributed by atoms with Gasteiger partial charge in [-0.3, -0.25) is 14.5 Å². The molecule has 1 aliphatic rings. The Morgan fingerprint density at radius 3 is 2.71 bits per heavy atom. The maximum absolute atomic E-state index is 12.2. The lowest BCUT2D eigenvalue weighted by molar-refractivity contribution is -0.136. The molecule has 0 radical (unpaired) electrons. The average Bonchev–Trinajstić information content (AvgIpc) is 3.20. The van der Waals surface area contributed by atoms with Crippen LogP contribution in [0.1, 0.15) is 18.6 Å². The summed E-state index contributed by atoms with van der Waals surface area (Å²) in [5.41, 5.74) is 0.362. The van der Waals surface area contributed by atoms with Crippen molar-refractivity contribution < 1.29 is 18.7 Å². The van der Waals surface area contributed by atoms with Crippen molar-refractivity contribution in [2.75, 3.05) is 32.1 Å². The van der Waals surface area contributed by atoms with E-state index in [1.807, 2.05) is 12.1 Å². The largest absolute Gasteiger partial charge is 0.495 e. The summed E-state index contributed by atoms with van der Waals surface area (Å²) in [6.45, 7) is 3.16. The number of rotatable bonds is 6. The fourth-order valence-electron chi connectivity index (χ4n) is 3.25. The van der Waals surface area contributed by atoms with Crippen LogP contribution in [0, 0.1) is 5.92 Å². The second-order valence-electron chi connectivity index (χ2n) is 6.81. The Morgan fingerprint density at radius 1 is 1.25 bits per heavy atom. The monoisotopic (exact) mass is 405 g/mol. The Labute approximate surface area is 169 Å². The summed E-state index contributed by atoms with van der Waals surface area (Å²) >= 11 is 5.94. The number of carbonyl (C=O) groups is 2. The molecule has 0 aliphatic carbocycles. The van der Waals surface area contributed by atoms with Crippen LogP contribution >= 0.6 is 11.6 Å². The molecule has 1 aromatic heterocycles. The van der Waals surface area contributed by atoms with E-state index in [4.69, 9.17) is 20.8 Å². The van der Waals surface area contributed by atoms with Crippen LogP contribution in [-0.4, -0.2) is 43.5 Å². The van der Waals surface area contributed by atoms with Crippen LogP contribution in [0.25, 0.3) is 0 Å². The molecule has 3 rings (SSSR count). The third-order valence-corrected chi connectivity index (χ3v) is 5.07. The van der Waals surface area contributed by atoms with Crippen molar-refractivity contribution in [2.45, 2.75) is 19.4 Å². The molecule has 2 heterocycles. The fraction of sp³-hybridized carbons (Fsp3) is 0.400. The minimum atomic E-state index is -0.740. The fourth-order valence-corrected chi connectivity index (χ4v) is 3.42. The molecule has 2 aromatic rings. The van der Waals surface area contributed by atoms with Crippen LogP contribution in [-0.2, 0) is 16.1 Å². The highest BCUT2D eigenvalue weighted by molar-refractivity contribution is 6.40. The number of halogens is 1. The summed E-state index contributed by atoms with van der Waals surface area (Å²) in [7, 11) is 1.48. The van der Waals surface area contributed by atoms with Gasteiger partial charge in [0.2, 0.25) is 0 Å². The van der Waals surface area contributed by atoms with Crippen LogP contribution in [0.2, 0.25) is 5.02 Å². The van der Waals surface area contributed by atoms with Gasteiger partial charge >= 0.3 is 11.8 Å². The molecule has 1 aliphatic heterocycles. The molecule has 0 saturated carbocycles. The first-order valence-electron chi connectivity index (χ1n) is 9.22. The summed E-state index contributed by atoms with van der Waals surface area (Å²) in [5, 5.41) is 5.71. The topological polar surface area (TPSA) is 83.8 Å². The number of hydrogen-bond acceptors (Lipinski definition) is 5. The Balaban J connectivity index is 1.42. The van der Waals surface area contributed by atoms with E-state index >= 15 is 0 Å². The molecule has 0 unspecified atom stereocenters. The van der Waals surface area contributed by atoms with Crippen molar-refractivity contribution in [1.29, 1.82) is 0 Å². The molecule has 1 saturated heterocycles. The Hall–Kier alpha value is -2.51. The lowest BCUT2D eigenvalue weighted by atomic mass is 9.96. The quantitative estimate of drug-likeness (QED) is 0.722. The summed E-state index contributed by atoms with van der Waals surface area (Å²) < 4.78 is 10.5. The van der Waals surface area contributed by atoms with Gasteiger partial charge in [-0.15, -0.1) is 0 Å². The van der Waals surface area contributed by atoms with Crippen LogP contribution in [0.5, 0.6) is 5.75 Å². The van der Waals surface area contributed by atoms with Crippen molar-refractivity contribution in [3.63, 3.8) is 0 Å². The molecule has 2 amide bonds. The lowest BCUT2D eigenvalue weighted by Gasteiger charge is -2.31. The molecule has 0 bridgehead atoms. The van der Waals surface area contributed by atoms with Crippen molar-refractivity contribution in [1.82, 2.24) is 10.2 Å². The normalized spacial score (nSPS) is 15.2. The van der Waals surface area contributed by atoms with Crippen molar-refractivity contribution in [2.24, 2.45) is 5.92 Å². The van der Waals surface area contributed by atoms with Crippen molar-refractivity contribution in [3.8, 4) is 5.75 Å². The summed E-state index contributed by atoms with van der Waals surface area (Å²) in [5.74, 6) is 0.343. The molecular weight excluding hydrogens is 382 g/mol. The molecule has 0 atom stereocenters. The van der Waals surface area contributed by atoms with Gasteiger partial charge in [0, 0.05) is 11.6 Å². The van der Waals surface area contributed by atoms with Crippen LogP contribution < -0.4 is 15.4 Å². The van der Waals surface area contributed by atoms with E-state index < -0.39 is 11.8 Å². The SMILES string of the molecule is COc1ccc(Cl)cc1NC(=O)C(=O)NCC1CCN(Cc2ccco2)CC1. The highest BCUT2D eigenvalue weighted by atomic mass is 35.5. The van der Waals surface area contributed by atoms with E-state index in [9.17, 15) is 9.59 Å². The van der Waals surface area contributed by atoms with E-state index in [0.29, 0.717) is 28.9 Å². The summed E-state index contributed by atoms with van der Waals surface area (Å²) in [6.07, 6.45) is 3.61. The number of nitrogens with one attached hydrogen (secondary N) is 2. The van der Waals surface area contributed by atoms with E-state index in [0.717, 1.165) is 38.2 Å². The average molecular weight is 406 g/mol. The number of carbonyl (C=O) groups excluding carboxylic acids is 2. The molecule has 0 spiro atoms. The molecule has 1 aromatic carbocycles. The first-order valence-corrected chi connectivity index (χ1v) is 9.60. The molecule has 150 valence electrons. The number of piperidine rings is 1. The molecule has 28 heavy (non-hydrogen) atoms. The first-order chi connectivity index (χ1) is 13.5. The minimum Gasteiger partial charge on any atom is -0.495 e. The summed E-state index contributed by atoms with van der Waals surface area (Å²) in [4.78, 5) is 26.6. The number of hydrogen-bond donors (Lipinski definition) is 2. The number of methoxy groups -OCH3 is 1. The maximum Gasteiger partial charge on any atom is 0.313 e. The highest BCUT2D eigenvalue weighted by Crippen LogP contribution is 2.27. The Kier molecular flexibility index (Phi) is 6.95. The van der Waals surface area contributed by atoms with Gasteiger partial charge in [0.25, 0.3) is 0 Å². The zero-order valence-corrected chi connectivity index (χ0v) is 16.5. The minimum absolute atomic E-state index is 0.352. The number of amides is 2. The lowest BCUT2D eigenvalue weighted by Crippen LogP contribution is -2.41. The number of ether oxygens (including phenoxy) is 1. The second-order valence-corrected chi connectivity index (χ2v) is 7.24. The highest BCUT2D eigenvalue weighted by Gasteiger charge is 2.22. The van der Waals surface area contributed by atoms with Crippen molar-refractivity contribution >= 4 is 29.1 Å². The predicted octanol–water partition coefficient (Wildman–Crippen LogP) is 2.91. The number of anilines is 1. The third kappa shape index (κ3) is 5.50. The van der Waals surface area contributed by atoms with Gasteiger partial charge in [-0.25, -0.2) is 0 Å². The van der Waals surface area contributed by atoms with E-state index in [-0.39, 0.29) is 0 Å². The van der Waals surface area contributed by atoms with Gasteiger partial charge in [-0.2, -0.15) is 0 Å². The Morgan fingerprint density at radius 2 is 2.04 bits per heavy atom. The Bertz CT molecular complexity index is 802. The van der Waals surface area contributed by atoms with Crippen LogP contribution in [0.15, 0.2) is 41.0 Å². The van der Waals surface area contributed by atoms with Crippen LogP contribution in [0.3, 0.4) is 0 Å². The van der Waals surface area contributed by atoms with Gasteiger partial charge in [-0.1, -0.05) is 11.6 Å².